The Morgan fingerprint density at radius 1 is 1.32 bits per heavy atom. The van der Waals surface area contributed by atoms with Crippen LogP contribution >= 0.6 is 0 Å². The molecule has 2 rings (SSSR count). The van der Waals surface area contributed by atoms with E-state index in [4.69, 9.17) is 5.73 Å². The predicted octanol–water partition coefficient (Wildman–Crippen LogP) is 2.06. The molecule has 1 amide bonds. The van der Waals surface area contributed by atoms with Gasteiger partial charge in [-0.05, 0) is 30.7 Å². The Kier molecular flexibility index (Phi) is 4.97. The average Bonchev–Trinajstić information content (AvgIpc) is 3.27. The Hall–Kier alpha value is -1.35. The van der Waals surface area contributed by atoms with E-state index in [0.717, 1.165) is 13.0 Å². The van der Waals surface area contributed by atoms with Crippen molar-refractivity contribution in [3.8, 4) is 0 Å². The molecule has 0 saturated heterocycles. The molecule has 1 saturated carbocycles. The van der Waals surface area contributed by atoms with Crippen molar-refractivity contribution in [3.63, 3.8) is 0 Å². The van der Waals surface area contributed by atoms with Crippen LogP contribution < -0.4 is 5.73 Å². The van der Waals surface area contributed by atoms with Crippen molar-refractivity contribution >= 4 is 5.91 Å². The van der Waals surface area contributed by atoms with Crippen LogP contribution in [0, 0.1) is 11.8 Å². The molecule has 1 fully saturated rings. The van der Waals surface area contributed by atoms with Gasteiger partial charge in [-0.2, -0.15) is 0 Å². The fourth-order valence-electron chi connectivity index (χ4n) is 2.48. The molecule has 3 nitrogen and oxygen atoms in total. The summed E-state index contributed by atoms with van der Waals surface area (Å²) in [5.74, 6) is 1.07. The molecule has 104 valence electrons. The van der Waals surface area contributed by atoms with Crippen LogP contribution in [0.15, 0.2) is 30.3 Å². The highest BCUT2D eigenvalue weighted by atomic mass is 16.2. The van der Waals surface area contributed by atoms with E-state index >= 15 is 0 Å². The van der Waals surface area contributed by atoms with Gasteiger partial charge in [0.15, 0.2) is 0 Å². The summed E-state index contributed by atoms with van der Waals surface area (Å²) in [6.45, 7) is 4.05. The molecule has 0 aliphatic heterocycles. The Labute approximate surface area is 115 Å². The molecule has 0 radical (unpaired) electrons. The van der Waals surface area contributed by atoms with Gasteiger partial charge in [-0.3, -0.25) is 4.79 Å². The molecule has 1 unspecified atom stereocenters. The molecule has 1 aromatic carbocycles. The number of amides is 1. The van der Waals surface area contributed by atoms with Crippen LogP contribution in [0.5, 0.6) is 0 Å². The van der Waals surface area contributed by atoms with E-state index in [-0.39, 0.29) is 11.8 Å². The second-order valence-electron chi connectivity index (χ2n) is 5.48. The largest absolute Gasteiger partial charge is 0.341 e. The number of hydrogen-bond donors (Lipinski definition) is 1. The van der Waals surface area contributed by atoms with Crippen molar-refractivity contribution in [1.82, 2.24) is 4.90 Å². The van der Waals surface area contributed by atoms with E-state index in [1.54, 1.807) is 0 Å². The van der Waals surface area contributed by atoms with Crippen LogP contribution in [0.4, 0.5) is 0 Å². The molecule has 1 atom stereocenters. The van der Waals surface area contributed by atoms with Gasteiger partial charge in [0.1, 0.15) is 0 Å². The lowest BCUT2D eigenvalue weighted by Crippen LogP contribution is -2.40. The number of benzene rings is 1. The Morgan fingerprint density at radius 3 is 2.58 bits per heavy atom. The van der Waals surface area contributed by atoms with Gasteiger partial charge in [-0.1, -0.05) is 37.3 Å². The highest BCUT2D eigenvalue weighted by molar-refractivity contribution is 5.79. The molecule has 1 aliphatic carbocycles. The van der Waals surface area contributed by atoms with E-state index in [1.807, 2.05) is 23.1 Å². The van der Waals surface area contributed by atoms with E-state index < -0.39 is 0 Å². The maximum absolute atomic E-state index is 12.4. The van der Waals surface area contributed by atoms with Crippen molar-refractivity contribution < 1.29 is 4.79 Å². The quantitative estimate of drug-likeness (QED) is 0.815. The monoisotopic (exact) mass is 260 g/mol. The fourth-order valence-corrected chi connectivity index (χ4v) is 2.48. The first-order valence-corrected chi connectivity index (χ1v) is 7.25. The van der Waals surface area contributed by atoms with Gasteiger partial charge in [0, 0.05) is 25.6 Å². The van der Waals surface area contributed by atoms with E-state index in [1.165, 1.54) is 18.4 Å². The number of carbonyl (C=O) groups excluding carboxylic acids is 1. The van der Waals surface area contributed by atoms with Crippen molar-refractivity contribution in [2.45, 2.75) is 26.2 Å². The van der Waals surface area contributed by atoms with Crippen molar-refractivity contribution in [2.75, 3.05) is 19.6 Å². The summed E-state index contributed by atoms with van der Waals surface area (Å²) in [6, 6.07) is 10.3. The van der Waals surface area contributed by atoms with Crippen LogP contribution in [-0.2, 0) is 11.2 Å². The third-order valence-electron chi connectivity index (χ3n) is 3.94. The summed E-state index contributed by atoms with van der Waals surface area (Å²) in [4.78, 5) is 14.3. The minimum absolute atomic E-state index is 0.169. The Morgan fingerprint density at radius 2 is 2.00 bits per heavy atom. The summed E-state index contributed by atoms with van der Waals surface area (Å²) in [5.41, 5.74) is 6.91. The highest BCUT2D eigenvalue weighted by Crippen LogP contribution is 2.37. The second kappa shape index (κ2) is 6.71. The molecule has 0 heterocycles. The first-order chi connectivity index (χ1) is 9.22. The number of nitrogens with zero attached hydrogens (tertiary/aromatic N) is 1. The summed E-state index contributed by atoms with van der Waals surface area (Å²) >= 11 is 0. The Balaban J connectivity index is 1.89. The molecule has 1 aliphatic rings. The lowest BCUT2D eigenvalue weighted by molar-refractivity contribution is -0.135. The molecule has 0 aromatic heterocycles. The summed E-state index contributed by atoms with van der Waals surface area (Å²) in [5, 5.41) is 0. The average molecular weight is 260 g/mol. The zero-order valence-corrected chi connectivity index (χ0v) is 11.7. The van der Waals surface area contributed by atoms with E-state index in [2.05, 4.69) is 19.1 Å². The highest BCUT2D eigenvalue weighted by Gasteiger charge is 2.34. The number of nitrogens with two attached hydrogens (primary N) is 1. The summed E-state index contributed by atoms with van der Waals surface area (Å²) < 4.78 is 0. The topological polar surface area (TPSA) is 46.3 Å². The molecular formula is C16H24N2O. The minimum atomic E-state index is 0.169. The minimum Gasteiger partial charge on any atom is -0.341 e. The van der Waals surface area contributed by atoms with Crippen LogP contribution in [-0.4, -0.2) is 30.4 Å². The zero-order valence-electron chi connectivity index (χ0n) is 11.7. The predicted molar refractivity (Wildman–Crippen MR) is 77.7 cm³/mol. The van der Waals surface area contributed by atoms with Crippen LogP contribution in [0.3, 0.4) is 0 Å². The van der Waals surface area contributed by atoms with Gasteiger partial charge in [0.05, 0.1) is 0 Å². The van der Waals surface area contributed by atoms with Gasteiger partial charge in [-0.15, -0.1) is 0 Å². The van der Waals surface area contributed by atoms with Crippen molar-refractivity contribution in [2.24, 2.45) is 17.6 Å². The maximum Gasteiger partial charge on any atom is 0.225 e. The molecule has 0 spiro atoms. The van der Waals surface area contributed by atoms with Gasteiger partial charge in [0.25, 0.3) is 0 Å². The fraction of sp³-hybridized carbons (Fsp3) is 0.562. The zero-order chi connectivity index (χ0) is 13.7. The number of carbonyl (C=O) groups is 1. The molecular weight excluding hydrogens is 236 g/mol. The lowest BCUT2D eigenvalue weighted by atomic mass is 10.0. The molecule has 1 aromatic rings. The number of rotatable bonds is 7. The molecule has 3 heteroatoms. The maximum atomic E-state index is 12.4. The van der Waals surface area contributed by atoms with Gasteiger partial charge >= 0.3 is 0 Å². The standard InChI is InChI=1S/C16H24N2O/c1-13(15-7-8-15)16(19)18(12-10-17)11-9-14-5-3-2-4-6-14/h2-6,13,15H,7-12,17H2,1H3. The third kappa shape index (κ3) is 4.06. The first-order valence-electron chi connectivity index (χ1n) is 7.25. The second-order valence-corrected chi connectivity index (χ2v) is 5.48. The first kappa shape index (κ1) is 14.1. The SMILES string of the molecule is CC(C(=O)N(CCN)CCc1ccccc1)C1CC1. The lowest BCUT2D eigenvalue weighted by Gasteiger charge is -2.25. The van der Waals surface area contributed by atoms with Gasteiger partial charge in [0.2, 0.25) is 5.91 Å². The molecule has 0 bridgehead atoms. The molecule has 2 N–H and O–H groups in total. The van der Waals surface area contributed by atoms with Crippen molar-refractivity contribution in [1.29, 1.82) is 0 Å². The van der Waals surface area contributed by atoms with Crippen LogP contribution in [0.25, 0.3) is 0 Å². The normalized spacial score (nSPS) is 16.1. The smallest absolute Gasteiger partial charge is 0.225 e. The third-order valence-corrected chi connectivity index (χ3v) is 3.94. The van der Waals surface area contributed by atoms with E-state index in [0.29, 0.717) is 19.0 Å². The Bertz CT molecular complexity index is 400. The molecule has 19 heavy (non-hydrogen) atoms. The van der Waals surface area contributed by atoms with Gasteiger partial charge < -0.3 is 10.6 Å². The summed E-state index contributed by atoms with van der Waals surface area (Å²) in [6.07, 6.45) is 3.33. The number of hydrogen-bond acceptors (Lipinski definition) is 2. The van der Waals surface area contributed by atoms with Crippen molar-refractivity contribution in [3.05, 3.63) is 35.9 Å². The van der Waals surface area contributed by atoms with Crippen LogP contribution in [0.1, 0.15) is 25.3 Å². The summed E-state index contributed by atoms with van der Waals surface area (Å²) in [7, 11) is 0. The van der Waals surface area contributed by atoms with Crippen LogP contribution in [0.2, 0.25) is 0 Å². The van der Waals surface area contributed by atoms with E-state index in [9.17, 15) is 4.79 Å². The van der Waals surface area contributed by atoms with Gasteiger partial charge in [-0.25, -0.2) is 0 Å².